The van der Waals surface area contributed by atoms with Crippen LogP contribution in [0, 0.1) is 0 Å². The third-order valence-corrected chi connectivity index (χ3v) is 3.32. The van der Waals surface area contributed by atoms with Gasteiger partial charge in [-0.05, 0) is 17.7 Å². The summed E-state index contributed by atoms with van der Waals surface area (Å²) in [6, 6.07) is 7.71. The number of nitrogens with zero attached hydrogens (tertiary/aromatic N) is 2. The standard InChI is InChI=1S/C15H16F2N4O2/c16-14(17)23-12-7-19-15(20-8-12)21-11-3-1-10(2-4-11)13-9-18-5-6-22-13/h1-4,7-8,13-14,18H,5-6,9H2,(H,19,20,21). The van der Waals surface area contributed by atoms with Gasteiger partial charge in [-0.1, -0.05) is 12.1 Å². The summed E-state index contributed by atoms with van der Waals surface area (Å²) in [6.07, 6.45) is 2.44. The molecule has 1 fully saturated rings. The Morgan fingerprint density at radius 2 is 1.96 bits per heavy atom. The third kappa shape index (κ3) is 4.33. The monoisotopic (exact) mass is 322 g/mol. The Bertz CT molecular complexity index is 616. The van der Waals surface area contributed by atoms with Gasteiger partial charge in [0.2, 0.25) is 5.95 Å². The molecule has 1 aromatic carbocycles. The van der Waals surface area contributed by atoms with E-state index in [0.29, 0.717) is 12.6 Å². The first-order chi connectivity index (χ1) is 11.2. The van der Waals surface area contributed by atoms with Crippen molar-refractivity contribution in [3.8, 4) is 5.75 Å². The minimum atomic E-state index is -2.89. The number of alkyl halides is 2. The molecular weight excluding hydrogens is 306 g/mol. The van der Waals surface area contributed by atoms with Crippen LogP contribution in [0.5, 0.6) is 5.75 Å². The molecule has 0 aliphatic carbocycles. The maximum absolute atomic E-state index is 12.1. The summed E-state index contributed by atoms with van der Waals surface area (Å²) in [5, 5.41) is 6.27. The Labute approximate surface area is 131 Å². The summed E-state index contributed by atoms with van der Waals surface area (Å²) in [5.41, 5.74) is 1.88. The largest absolute Gasteiger partial charge is 0.432 e. The van der Waals surface area contributed by atoms with E-state index in [1.165, 1.54) is 12.4 Å². The number of rotatable bonds is 5. The van der Waals surface area contributed by atoms with Crippen LogP contribution in [-0.2, 0) is 4.74 Å². The number of nitrogens with one attached hydrogen (secondary N) is 2. The van der Waals surface area contributed by atoms with Gasteiger partial charge in [0.25, 0.3) is 0 Å². The Morgan fingerprint density at radius 1 is 1.22 bits per heavy atom. The molecule has 1 aliphatic rings. The molecule has 6 nitrogen and oxygen atoms in total. The predicted molar refractivity (Wildman–Crippen MR) is 80.0 cm³/mol. The summed E-state index contributed by atoms with van der Waals surface area (Å²) >= 11 is 0. The molecule has 8 heteroatoms. The minimum Gasteiger partial charge on any atom is -0.432 e. The molecule has 0 radical (unpaired) electrons. The summed E-state index contributed by atoms with van der Waals surface area (Å²) in [7, 11) is 0. The fourth-order valence-electron chi connectivity index (χ4n) is 2.23. The number of hydrogen-bond donors (Lipinski definition) is 2. The molecule has 1 aliphatic heterocycles. The fourth-order valence-corrected chi connectivity index (χ4v) is 2.23. The summed E-state index contributed by atoms with van der Waals surface area (Å²) in [5.74, 6) is 0.220. The van der Waals surface area contributed by atoms with Gasteiger partial charge >= 0.3 is 6.61 Å². The smallest absolute Gasteiger partial charge is 0.387 e. The van der Waals surface area contributed by atoms with Crippen molar-refractivity contribution in [2.24, 2.45) is 0 Å². The molecule has 0 bridgehead atoms. The molecule has 122 valence electrons. The lowest BCUT2D eigenvalue weighted by atomic mass is 10.1. The van der Waals surface area contributed by atoms with Crippen molar-refractivity contribution in [1.29, 1.82) is 0 Å². The van der Waals surface area contributed by atoms with Crippen molar-refractivity contribution in [2.45, 2.75) is 12.7 Å². The number of halogens is 2. The Morgan fingerprint density at radius 3 is 2.57 bits per heavy atom. The van der Waals surface area contributed by atoms with Crippen LogP contribution < -0.4 is 15.4 Å². The maximum atomic E-state index is 12.1. The number of hydrogen-bond acceptors (Lipinski definition) is 6. The van der Waals surface area contributed by atoms with E-state index in [9.17, 15) is 8.78 Å². The van der Waals surface area contributed by atoms with Gasteiger partial charge in [-0.25, -0.2) is 9.97 Å². The van der Waals surface area contributed by atoms with Gasteiger partial charge in [-0.15, -0.1) is 0 Å². The Kier molecular flexibility index (Phi) is 4.94. The molecule has 2 aromatic rings. The first-order valence-corrected chi connectivity index (χ1v) is 7.17. The topological polar surface area (TPSA) is 68.3 Å². The molecule has 2 heterocycles. The van der Waals surface area contributed by atoms with E-state index in [2.05, 4.69) is 25.3 Å². The van der Waals surface area contributed by atoms with Crippen LogP contribution in [-0.4, -0.2) is 36.3 Å². The van der Waals surface area contributed by atoms with Crippen LogP contribution in [0.4, 0.5) is 20.4 Å². The Balaban J connectivity index is 1.61. The zero-order valence-electron chi connectivity index (χ0n) is 12.2. The zero-order valence-corrected chi connectivity index (χ0v) is 12.2. The predicted octanol–water partition coefficient (Wildman–Crippen LogP) is 2.48. The first kappa shape index (κ1) is 15.6. The number of aromatic nitrogens is 2. The third-order valence-electron chi connectivity index (χ3n) is 3.32. The van der Waals surface area contributed by atoms with Crippen LogP contribution >= 0.6 is 0 Å². The number of benzene rings is 1. The number of ether oxygens (including phenoxy) is 2. The second-order valence-electron chi connectivity index (χ2n) is 4.93. The van der Waals surface area contributed by atoms with E-state index in [-0.39, 0.29) is 11.9 Å². The molecule has 0 spiro atoms. The van der Waals surface area contributed by atoms with Gasteiger partial charge in [0.15, 0.2) is 5.75 Å². The molecular formula is C15H16F2N4O2. The summed E-state index contributed by atoms with van der Waals surface area (Å²) in [4.78, 5) is 7.85. The van der Waals surface area contributed by atoms with E-state index in [4.69, 9.17) is 4.74 Å². The van der Waals surface area contributed by atoms with Gasteiger partial charge in [0, 0.05) is 18.8 Å². The molecule has 1 aromatic heterocycles. The van der Waals surface area contributed by atoms with E-state index < -0.39 is 6.61 Å². The van der Waals surface area contributed by atoms with Crippen molar-refractivity contribution >= 4 is 11.6 Å². The highest BCUT2D eigenvalue weighted by molar-refractivity contribution is 5.53. The maximum Gasteiger partial charge on any atom is 0.387 e. The van der Waals surface area contributed by atoms with Crippen LogP contribution in [0.3, 0.4) is 0 Å². The molecule has 1 unspecified atom stereocenters. The number of morpholine rings is 1. The minimum absolute atomic E-state index is 0.0554. The average Bonchev–Trinajstić information content (AvgIpc) is 2.58. The molecule has 1 saturated heterocycles. The van der Waals surface area contributed by atoms with E-state index >= 15 is 0 Å². The van der Waals surface area contributed by atoms with Crippen molar-refractivity contribution in [2.75, 3.05) is 25.0 Å². The second-order valence-corrected chi connectivity index (χ2v) is 4.93. The van der Waals surface area contributed by atoms with E-state index in [1.54, 1.807) is 0 Å². The van der Waals surface area contributed by atoms with Gasteiger partial charge in [0.1, 0.15) is 0 Å². The number of anilines is 2. The highest BCUT2D eigenvalue weighted by Gasteiger charge is 2.15. The SMILES string of the molecule is FC(F)Oc1cnc(Nc2ccc(C3CNCCO3)cc2)nc1. The highest BCUT2D eigenvalue weighted by atomic mass is 19.3. The molecule has 1 atom stereocenters. The average molecular weight is 322 g/mol. The lowest BCUT2D eigenvalue weighted by Crippen LogP contribution is -2.33. The summed E-state index contributed by atoms with van der Waals surface area (Å²) in [6.45, 7) is -0.521. The van der Waals surface area contributed by atoms with Gasteiger partial charge < -0.3 is 20.1 Å². The zero-order chi connectivity index (χ0) is 16.1. The van der Waals surface area contributed by atoms with E-state index in [1.807, 2.05) is 24.3 Å². The van der Waals surface area contributed by atoms with Crippen molar-refractivity contribution in [3.05, 3.63) is 42.2 Å². The lowest BCUT2D eigenvalue weighted by molar-refractivity contribution is -0.0503. The first-order valence-electron chi connectivity index (χ1n) is 7.17. The van der Waals surface area contributed by atoms with E-state index in [0.717, 1.165) is 24.3 Å². The molecule has 0 amide bonds. The highest BCUT2D eigenvalue weighted by Crippen LogP contribution is 2.22. The molecule has 23 heavy (non-hydrogen) atoms. The Hall–Kier alpha value is -2.32. The van der Waals surface area contributed by atoms with Crippen LogP contribution in [0.25, 0.3) is 0 Å². The van der Waals surface area contributed by atoms with Gasteiger partial charge in [-0.2, -0.15) is 8.78 Å². The lowest BCUT2D eigenvalue weighted by Gasteiger charge is -2.24. The summed E-state index contributed by atoms with van der Waals surface area (Å²) < 4.78 is 34.0. The van der Waals surface area contributed by atoms with Crippen LogP contribution in [0.1, 0.15) is 11.7 Å². The molecule has 2 N–H and O–H groups in total. The van der Waals surface area contributed by atoms with Crippen molar-refractivity contribution < 1.29 is 18.3 Å². The molecule has 3 rings (SSSR count). The molecule has 0 saturated carbocycles. The fraction of sp³-hybridized carbons (Fsp3) is 0.333. The normalized spacial score (nSPS) is 18.0. The van der Waals surface area contributed by atoms with Crippen LogP contribution in [0.2, 0.25) is 0 Å². The van der Waals surface area contributed by atoms with Gasteiger partial charge in [0.05, 0.1) is 25.1 Å². The van der Waals surface area contributed by atoms with Gasteiger partial charge in [-0.3, -0.25) is 0 Å². The second kappa shape index (κ2) is 7.30. The van der Waals surface area contributed by atoms with Crippen molar-refractivity contribution in [1.82, 2.24) is 15.3 Å². The van der Waals surface area contributed by atoms with Crippen LogP contribution in [0.15, 0.2) is 36.7 Å². The van der Waals surface area contributed by atoms with Crippen molar-refractivity contribution in [3.63, 3.8) is 0 Å². The quantitative estimate of drug-likeness (QED) is 0.881.